The number of aryl methyl sites for hydroxylation is 1. The van der Waals surface area contributed by atoms with Crippen molar-refractivity contribution in [1.82, 2.24) is 24.4 Å². The summed E-state index contributed by atoms with van der Waals surface area (Å²) in [6.45, 7) is 4.17. The number of benzene rings is 1. The third-order valence-corrected chi connectivity index (χ3v) is 5.59. The highest BCUT2D eigenvalue weighted by Gasteiger charge is 2.26. The zero-order valence-corrected chi connectivity index (χ0v) is 16.5. The van der Waals surface area contributed by atoms with Crippen LogP contribution in [0.4, 0.5) is 5.95 Å². The van der Waals surface area contributed by atoms with Crippen molar-refractivity contribution >= 4 is 22.8 Å². The van der Waals surface area contributed by atoms with Crippen molar-refractivity contribution in [3.63, 3.8) is 0 Å². The number of hydrogen-bond acceptors (Lipinski definition) is 7. The minimum atomic E-state index is -0.126. The van der Waals surface area contributed by atoms with E-state index in [9.17, 15) is 9.59 Å². The lowest BCUT2D eigenvalue weighted by Gasteiger charge is -2.26. The molecule has 1 saturated heterocycles. The van der Waals surface area contributed by atoms with Crippen molar-refractivity contribution in [2.45, 2.75) is 26.1 Å². The van der Waals surface area contributed by atoms with Crippen molar-refractivity contribution in [1.29, 1.82) is 0 Å². The fourth-order valence-electron chi connectivity index (χ4n) is 3.87. The number of amides is 1. The first-order valence-electron chi connectivity index (χ1n) is 10.1. The molecular formula is C21H22N6O3. The molecule has 2 aromatic heterocycles. The van der Waals surface area contributed by atoms with Crippen molar-refractivity contribution in [3.8, 4) is 0 Å². The highest BCUT2D eigenvalue weighted by Crippen LogP contribution is 2.23. The van der Waals surface area contributed by atoms with Crippen LogP contribution in [0.2, 0.25) is 0 Å². The molecule has 0 spiro atoms. The molecule has 3 aromatic rings. The number of rotatable bonds is 4. The lowest BCUT2D eigenvalue weighted by atomic mass is 10.2. The lowest BCUT2D eigenvalue weighted by Crippen LogP contribution is -2.37. The van der Waals surface area contributed by atoms with Crippen LogP contribution in [0.15, 0.2) is 41.6 Å². The zero-order chi connectivity index (χ0) is 20.5. The summed E-state index contributed by atoms with van der Waals surface area (Å²) in [5, 5.41) is 0.562. The SMILES string of the molecule is O=C(CCn1cnc2ccccc2c1=O)N1Cc2cnc(N3CCOCC3)nc2C1. The second-order valence-electron chi connectivity index (χ2n) is 7.50. The van der Waals surface area contributed by atoms with Crippen molar-refractivity contribution < 1.29 is 9.53 Å². The molecule has 2 aliphatic rings. The Morgan fingerprint density at radius 1 is 1.10 bits per heavy atom. The molecule has 5 rings (SSSR count). The molecule has 0 unspecified atom stereocenters. The maximum Gasteiger partial charge on any atom is 0.261 e. The van der Waals surface area contributed by atoms with E-state index in [0.29, 0.717) is 49.7 Å². The molecule has 0 atom stereocenters. The van der Waals surface area contributed by atoms with Gasteiger partial charge in [-0.15, -0.1) is 0 Å². The topological polar surface area (TPSA) is 93.5 Å². The predicted octanol–water partition coefficient (Wildman–Crippen LogP) is 0.956. The van der Waals surface area contributed by atoms with Crippen LogP contribution in [0.25, 0.3) is 10.9 Å². The average Bonchev–Trinajstić information content (AvgIpc) is 3.23. The number of carbonyl (C=O) groups is 1. The highest BCUT2D eigenvalue weighted by atomic mass is 16.5. The van der Waals surface area contributed by atoms with E-state index in [-0.39, 0.29) is 17.9 Å². The molecular weight excluding hydrogens is 384 g/mol. The maximum atomic E-state index is 12.8. The van der Waals surface area contributed by atoms with E-state index in [1.165, 1.54) is 10.9 Å². The summed E-state index contributed by atoms with van der Waals surface area (Å²) < 4.78 is 6.88. The van der Waals surface area contributed by atoms with E-state index in [4.69, 9.17) is 4.74 Å². The summed E-state index contributed by atoms with van der Waals surface area (Å²) >= 11 is 0. The molecule has 0 N–H and O–H groups in total. The first-order chi connectivity index (χ1) is 14.7. The molecule has 9 heteroatoms. The quantitative estimate of drug-likeness (QED) is 0.637. The normalized spacial score (nSPS) is 16.1. The van der Waals surface area contributed by atoms with Crippen LogP contribution in [-0.4, -0.2) is 56.6 Å². The molecule has 2 aliphatic heterocycles. The van der Waals surface area contributed by atoms with Gasteiger partial charge in [-0.25, -0.2) is 15.0 Å². The van der Waals surface area contributed by atoms with Crippen LogP contribution in [0.3, 0.4) is 0 Å². The number of fused-ring (bicyclic) bond motifs is 2. The second kappa shape index (κ2) is 7.83. The van der Waals surface area contributed by atoms with E-state index < -0.39 is 0 Å². The standard InChI is InChI=1S/C21H22N6O3/c28-19(5-6-26-14-23-17-4-2-1-3-16(17)20(26)29)27-12-15-11-22-21(24-18(15)13-27)25-7-9-30-10-8-25/h1-4,11,14H,5-10,12-13H2. The van der Waals surface area contributed by atoms with Crippen molar-refractivity contribution in [2.24, 2.45) is 0 Å². The van der Waals surface area contributed by atoms with Crippen LogP contribution >= 0.6 is 0 Å². The molecule has 154 valence electrons. The van der Waals surface area contributed by atoms with E-state index in [2.05, 4.69) is 19.9 Å². The lowest BCUT2D eigenvalue weighted by molar-refractivity contribution is -0.132. The molecule has 1 amide bonds. The molecule has 0 bridgehead atoms. The van der Waals surface area contributed by atoms with Gasteiger partial charge in [0.15, 0.2) is 0 Å². The molecule has 9 nitrogen and oxygen atoms in total. The number of anilines is 1. The Balaban J connectivity index is 1.25. The van der Waals surface area contributed by atoms with Gasteiger partial charge in [0.2, 0.25) is 11.9 Å². The molecule has 0 radical (unpaired) electrons. The Labute approximate surface area is 172 Å². The average molecular weight is 406 g/mol. The molecule has 0 saturated carbocycles. The van der Waals surface area contributed by atoms with Crippen molar-refractivity contribution in [2.75, 3.05) is 31.2 Å². The Morgan fingerprint density at radius 2 is 1.93 bits per heavy atom. The number of aromatic nitrogens is 4. The van der Waals surface area contributed by atoms with Crippen LogP contribution in [0.1, 0.15) is 17.7 Å². The predicted molar refractivity (Wildman–Crippen MR) is 110 cm³/mol. The van der Waals surface area contributed by atoms with Gasteiger partial charge in [-0.3, -0.25) is 14.2 Å². The van der Waals surface area contributed by atoms with Gasteiger partial charge >= 0.3 is 0 Å². The van der Waals surface area contributed by atoms with Crippen molar-refractivity contribution in [3.05, 3.63) is 58.4 Å². The van der Waals surface area contributed by atoms with Gasteiger partial charge in [0.25, 0.3) is 5.56 Å². The Hall–Kier alpha value is -3.33. The molecule has 30 heavy (non-hydrogen) atoms. The fraction of sp³-hybridized carbons (Fsp3) is 0.381. The van der Waals surface area contributed by atoms with Gasteiger partial charge in [-0.1, -0.05) is 12.1 Å². The third kappa shape index (κ3) is 3.52. The molecule has 1 fully saturated rings. The maximum absolute atomic E-state index is 12.8. The summed E-state index contributed by atoms with van der Waals surface area (Å²) in [6, 6.07) is 7.22. The monoisotopic (exact) mass is 406 g/mol. The fourth-order valence-corrected chi connectivity index (χ4v) is 3.87. The number of para-hydroxylation sites is 1. The van der Waals surface area contributed by atoms with Crippen LogP contribution < -0.4 is 10.5 Å². The summed E-state index contributed by atoms with van der Waals surface area (Å²) in [7, 11) is 0. The largest absolute Gasteiger partial charge is 0.378 e. The minimum Gasteiger partial charge on any atom is -0.378 e. The van der Waals surface area contributed by atoms with E-state index >= 15 is 0 Å². The second-order valence-corrected chi connectivity index (χ2v) is 7.50. The molecule has 0 aliphatic carbocycles. The third-order valence-electron chi connectivity index (χ3n) is 5.59. The number of carbonyl (C=O) groups excluding carboxylic acids is 1. The summed E-state index contributed by atoms with van der Waals surface area (Å²) in [5.74, 6) is 0.682. The molecule has 4 heterocycles. The van der Waals surface area contributed by atoms with Crippen LogP contribution in [-0.2, 0) is 29.2 Å². The number of morpholine rings is 1. The Bertz CT molecular complexity index is 1150. The van der Waals surface area contributed by atoms with Gasteiger partial charge in [0, 0.05) is 44.4 Å². The smallest absolute Gasteiger partial charge is 0.261 e. The van der Waals surface area contributed by atoms with E-state index in [1.54, 1.807) is 17.0 Å². The Kier molecular flexibility index (Phi) is 4.88. The van der Waals surface area contributed by atoms with Gasteiger partial charge < -0.3 is 14.5 Å². The zero-order valence-electron chi connectivity index (χ0n) is 16.5. The van der Waals surface area contributed by atoms with Crippen LogP contribution in [0.5, 0.6) is 0 Å². The minimum absolute atomic E-state index is 0.0130. The summed E-state index contributed by atoms with van der Waals surface area (Å²) in [4.78, 5) is 42.7. The van der Waals surface area contributed by atoms with Crippen LogP contribution in [0, 0.1) is 0 Å². The van der Waals surface area contributed by atoms with Gasteiger partial charge in [-0.05, 0) is 12.1 Å². The number of ether oxygens (including phenoxy) is 1. The van der Waals surface area contributed by atoms with E-state index in [0.717, 1.165) is 24.3 Å². The summed E-state index contributed by atoms with van der Waals surface area (Å²) in [6.07, 6.45) is 3.56. The van der Waals surface area contributed by atoms with Gasteiger partial charge in [-0.2, -0.15) is 0 Å². The van der Waals surface area contributed by atoms with Gasteiger partial charge in [0.1, 0.15) is 0 Å². The van der Waals surface area contributed by atoms with E-state index in [1.807, 2.05) is 18.3 Å². The molecule has 1 aromatic carbocycles. The Morgan fingerprint density at radius 3 is 2.80 bits per heavy atom. The number of hydrogen-bond donors (Lipinski definition) is 0. The highest BCUT2D eigenvalue weighted by molar-refractivity contribution is 5.78. The first kappa shape index (κ1) is 18.7. The first-order valence-corrected chi connectivity index (χ1v) is 10.1. The number of nitrogens with zero attached hydrogens (tertiary/aromatic N) is 6. The summed E-state index contributed by atoms with van der Waals surface area (Å²) in [5.41, 5.74) is 2.41. The van der Waals surface area contributed by atoms with Gasteiger partial charge in [0.05, 0.1) is 42.7 Å².